The van der Waals surface area contributed by atoms with E-state index in [1.807, 2.05) is 0 Å². The van der Waals surface area contributed by atoms with Gasteiger partial charge in [0.05, 0.1) is 0 Å². The van der Waals surface area contributed by atoms with E-state index in [0.717, 1.165) is 24.1 Å². The van der Waals surface area contributed by atoms with Gasteiger partial charge in [-0.05, 0) is 36.2 Å². The maximum absolute atomic E-state index is 3.49. The van der Waals surface area contributed by atoms with Crippen LogP contribution in [-0.4, -0.2) is 4.57 Å². The van der Waals surface area contributed by atoms with Crippen molar-refractivity contribution in [1.82, 2.24) is 9.88 Å². The van der Waals surface area contributed by atoms with Crippen molar-refractivity contribution in [2.75, 3.05) is 0 Å². The average molecular weight is 307 g/mol. The largest absolute Gasteiger partial charge is 0.350 e. The van der Waals surface area contributed by atoms with E-state index in [1.165, 1.54) is 17.7 Å². The van der Waals surface area contributed by atoms with E-state index in [9.17, 15) is 0 Å². The Morgan fingerprint density at radius 3 is 2.61 bits per heavy atom. The third-order valence-corrected chi connectivity index (χ3v) is 3.47. The molecule has 1 aromatic heterocycles. The molecule has 2 aromatic rings. The summed E-state index contributed by atoms with van der Waals surface area (Å²) in [6.45, 7) is 5.13. The van der Waals surface area contributed by atoms with Gasteiger partial charge in [0.2, 0.25) is 0 Å². The first-order valence-corrected chi connectivity index (χ1v) is 7.18. The van der Waals surface area contributed by atoms with Gasteiger partial charge in [0.25, 0.3) is 0 Å². The highest BCUT2D eigenvalue weighted by Crippen LogP contribution is 2.10. The number of hydrogen-bond donors (Lipinski definition) is 1. The second-order valence-corrected chi connectivity index (χ2v) is 5.34. The maximum atomic E-state index is 3.49. The first-order valence-electron chi connectivity index (χ1n) is 6.39. The zero-order valence-corrected chi connectivity index (χ0v) is 12.3. The van der Waals surface area contributed by atoms with Crippen molar-refractivity contribution in [3.63, 3.8) is 0 Å². The van der Waals surface area contributed by atoms with Gasteiger partial charge in [-0.3, -0.25) is 0 Å². The lowest BCUT2D eigenvalue weighted by Crippen LogP contribution is -2.15. The minimum Gasteiger partial charge on any atom is -0.350 e. The molecule has 0 atom stereocenters. The second kappa shape index (κ2) is 6.76. The highest BCUT2D eigenvalue weighted by molar-refractivity contribution is 9.10. The normalized spacial score (nSPS) is 10.8. The molecular formula is C15H19BrN2. The molecule has 0 unspecified atom stereocenters. The predicted molar refractivity (Wildman–Crippen MR) is 79.4 cm³/mol. The van der Waals surface area contributed by atoms with Crippen molar-refractivity contribution in [3.8, 4) is 0 Å². The van der Waals surface area contributed by atoms with E-state index < -0.39 is 0 Å². The molecule has 1 heterocycles. The third kappa shape index (κ3) is 3.72. The molecule has 3 heteroatoms. The van der Waals surface area contributed by atoms with Crippen LogP contribution in [0.5, 0.6) is 0 Å². The number of rotatable bonds is 6. The van der Waals surface area contributed by atoms with Gasteiger partial charge in [0.15, 0.2) is 0 Å². The number of benzene rings is 1. The number of aromatic nitrogens is 1. The lowest BCUT2D eigenvalue weighted by atomic mass is 10.2. The molecule has 0 bridgehead atoms. The first-order chi connectivity index (χ1) is 8.79. The molecule has 2 nitrogen and oxygen atoms in total. The monoisotopic (exact) mass is 306 g/mol. The van der Waals surface area contributed by atoms with Gasteiger partial charge >= 0.3 is 0 Å². The summed E-state index contributed by atoms with van der Waals surface area (Å²) in [5.74, 6) is 0. The van der Waals surface area contributed by atoms with Crippen LogP contribution in [0.15, 0.2) is 47.1 Å². The molecule has 96 valence electrons. The van der Waals surface area contributed by atoms with Gasteiger partial charge in [-0.2, -0.15) is 0 Å². The Morgan fingerprint density at radius 1 is 1.11 bits per heavy atom. The molecule has 0 aliphatic carbocycles. The zero-order valence-electron chi connectivity index (χ0n) is 10.7. The van der Waals surface area contributed by atoms with Crippen molar-refractivity contribution in [1.29, 1.82) is 0 Å². The van der Waals surface area contributed by atoms with Crippen LogP contribution in [0.4, 0.5) is 0 Å². The van der Waals surface area contributed by atoms with Crippen LogP contribution >= 0.6 is 15.9 Å². The summed E-state index contributed by atoms with van der Waals surface area (Å²) in [6.07, 6.45) is 3.33. The van der Waals surface area contributed by atoms with E-state index >= 15 is 0 Å². The Labute approximate surface area is 117 Å². The van der Waals surface area contributed by atoms with Crippen LogP contribution in [0.25, 0.3) is 0 Å². The van der Waals surface area contributed by atoms with Crippen LogP contribution in [0, 0.1) is 0 Å². The third-order valence-electron chi connectivity index (χ3n) is 2.94. The first kappa shape index (κ1) is 13.4. The summed E-state index contributed by atoms with van der Waals surface area (Å²) in [5, 5.41) is 3.49. The molecule has 2 rings (SSSR count). The molecule has 0 radical (unpaired) electrons. The topological polar surface area (TPSA) is 17.0 Å². The van der Waals surface area contributed by atoms with Crippen molar-refractivity contribution in [2.45, 2.75) is 33.0 Å². The maximum Gasteiger partial charge on any atom is 0.0362 e. The zero-order chi connectivity index (χ0) is 12.8. The minimum absolute atomic E-state index is 0.907. The Balaban J connectivity index is 1.84. The van der Waals surface area contributed by atoms with E-state index in [-0.39, 0.29) is 0 Å². The number of nitrogens with zero attached hydrogens (tertiary/aromatic N) is 1. The van der Waals surface area contributed by atoms with Gasteiger partial charge in [-0.25, -0.2) is 0 Å². The number of halogens is 1. The van der Waals surface area contributed by atoms with Gasteiger partial charge in [0, 0.05) is 36.0 Å². The molecular weight excluding hydrogens is 288 g/mol. The Bertz CT molecular complexity index is 473. The number of hydrogen-bond acceptors (Lipinski definition) is 1. The van der Waals surface area contributed by atoms with Crippen LogP contribution in [0.3, 0.4) is 0 Å². The highest BCUT2D eigenvalue weighted by atomic mass is 79.9. The summed E-state index contributed by atoms with van der Waals surface area (Å²) in [6, 6.07) is 12.7. The summed E-state index contributed by atoms with van der Waals surface area (Å²) in [7, 11) is 0. The van der Waals surface area contributed by atoms with E-state index in [1.54, 1.807) is 0 Å². The van der Waals surface area contributed by atoms with E-state index in [4.69, 9.17) is 0 Å². The number of nitrogens with one attached hydrogen (secondary N) is 1. The summed E-state index contributed by atoms with van der Waals surface area (Å²) < 4.78 is 3.44. The van der Waals surface area contributed by atoms with E-state index in [0.29, 0.717) is 0 Å². The van der Waals surface area contributed by atoms with E-state index in [2.05, 4.69) is 75.3 Å². The summed E-state index contributed by atoms with van der Waals surface area (Å²) in [5.41, 5.74) is 2.67. The Kier molecular flexibility index (Phi) is 5.02. The van der Waals surface area contributed by atoms with Crippen molar-refractivity contribution in [3.05, 3.63) is 58.3 Å². The van der Waals surface area contributed by atoms with Crippen LogP contribution in [-0.2, 0) is 19.6 Å². The fraction of sp³-hybridized carbons (Fsp3) is 0.333. The van der Waals surface area contributed by atoms with Gasteiger partial charge in [-0.15, -0.1) is 0 Å². The number of aryl methyl sites for hydroxylation is 1. The molecule has 0 fully saturated rings. The van der Waals surface area contributed by atoms with Crippen LogP contribution in [0.2, 0.25) is 0 Å². The highest BCUT2D eigenvalue weighted by Gasteiger charge is 1.99. The summed E-state index contributed by atoms with van der Waals surface area (Å²) >= 11 is 3.45. The minimum atomic E-state index is 0.907. The Hall–Kier alpha value is -1.06. The molecule has 18 heavy (non-hydrogen) atoms. The molecule has 0 spiro atoms. The molecule has 0 saturated carbocycles. The molecule has 0 amide bonds. The fourth-order valence-corrected chi connectivity index (χ4v) is 2.27. The van der Waals surface area contributed by atoms with Gasteiger partial charge in [-0.1, -0.05) is 35.0 Å². The van der Waals surface area contributed by atoms with Gasteiger partial charge < -0.3 is 9.88 Å². The van der Waals surface area contributed by atoms with Gasteiger partial charge in [0.1, 0.15) is 0 Å². The fourth-order valence-electron chi connectivity index (χ4n) is 2.01. The average Bonchev–Trinajstić information content (AvgIpc) is 2.80. The van der Waals surface area contributed by atoms with Crippen molar-refractivity contribution in [2.24, 2.45) is 0 Å². The molecule has 1 aromatic carbocycles. The summed E-state index contributed by atoms with van der Waals surface area (Å²) in [4.78, 5) is 0. The second-order valence-electron chi connectivity index (χ2n) is 4.42. The quantitative estimate of drug-likeness (QED) is 0.855. The molecule has 1 N–H and O–H groups in total. The van der Waals surface area contributed by atoms with Crippen molar-refractivity contribution < 1.29 is 0 Å². The lowest BCUT2D eigenvalue weighted by Gasteiger charge is -2.09. The molecule has 0 aliphatic heterocycles. The van der Waals surface area contributed by atoms with Crippen LogP contribution < -0.4 is 5.32 Å². The van der Waals surface area contributed by atoms with Crippen LogP contribution in [0.1, 0.15) is 24.6 Å². The Morgan fingerprint density at radius 2 is 1.89 bits per heavy atom. The predicted octanol–water partition coefficient (Wildman–Crippen LogP) is 3.95. The molecule has 0 saturated heterocycles. The molecule has 0 aliphatic rings. The standard InChI is InChI=1S/C15H19BrN2/c1-2-9-18-10-3-4-15(18)12-17-11-13-5-7-14(16)8-6-13/h3-8,10,17H,2,9,11-12H2,1H3. The smallest absolute Gasteiger partial charge is 0.0362 e. The van der Waals surface area contributed by atoms with Crippen molar-refractivity contribution >= 4 is 15.9 Å². The lowest BCUT2D eigenvalue weighted by molar-refractivity contribution is 0.602. The SMILES string of the molecule is CCCn1cccc1CNCc1ccc(Br)cc1.